The van der Waals surface area contributed by atoms with Crippen LogP contribution in [0.1, 0.15) is 76.2 Å². The highest BCUT2D eigenvalue weighted by Gasteiger charge is 2.58. The number of β-lactam (4-membered cyclic amide) rings is 1. The second kappa shape index (κ2) is 24.5. The van der Waals surface area contributed by atoms with Gasteiger partial charge in [0.2, 0.25) is 16.5 Å². The molecule has 4 heterocycles. The standard InChI is InChI=1S/C23H23Cl3N2O10S2.C18H28O3S/c1-10(29)38-17-13(8-12(20(32)35-2)21(33)36-3)40-19-15(27-14(30)7-11-5-4-6-39-11)18(31)28(19)16(17)22(34)37-9-23(24,25)26;1-3-4-5-6-7-8-11-22(19)15(2)12-16-9-10-17-18(13-16)21-14-20-17/h4-6,12-13,15,19H,7-9H2,1-3H3,(H,27,30);9-10,13,15H,3-8,11-12,14H2,1-2H3/t13?,15?,19-;/m1./s1. The van der Waals surface area contributed by atoms with Gasteiger partial charge in [0.1, 0.15) is 18.0 Å². The third kappa shape index (κ3) is 14.8. The first-order chi connectivity index (χ1) is 29.5. The fourth-order valence-corrected chi connectivity index (χ4v) is 10.4. The largest absolute Gasteiger partial charge is 0.468 e. The molecule has 3 aliphatic heterocycles. The van der Waals surface area contributed by atoms with Crippen molar-refractivity contribution in [3.05, 3.63) is 57.6 Å². The number of carbonyl (C=O) groups is 6. The summed E-state index contributed by atoms with van der Waals surface area (Å²) in [6.07, 6.45) is 7.98. The number of thioether (sulfide) groups is 1. The number of ether oxygens (including phenoxy) is 6. The summed E-state index contributed by atoms with van der Waals surface area (Å²) >= 11 is 19.4. The number of amides is 2. The Labute approximate surface area is 386 Å². The summed E-state index contributed by atoms with van der Waals surface area (Å²) < 4.78 is 40.9. The molecule has 21 heteroatoms. The lowest BCUT2D eigenvalue weighted by atomic mass is 9.98. The first-order valence-electron chi connectivity index (χ1n) is 19.9. The van der Waals surface area contributed by atoms with Crippen LogP contribution < -0.4 is 14.8 Å². The van der Waals surface area contributed by atoms with Crippen molar-refractivity contribution in [3.63, 3.8) is 0 Å². The Balaban J connectivity index is 0.000000323. The van der Waals surface area contributed by atoms with Crippen molar-refractivity contribution in [3.8, 4) is 11.5 Å². The molecule has 5 rings (SSSR count). The molecule has 1 aromatic carbocycles. The van der Waals surface area contributed by atoms with E-state index in [2.05, 4.69) is 19.2 Å². The Hall–Kier alpha value is -3.55. The minimum Gasteiger partial charge on any atom is -0.468 e. The predicted octanol–water partition coefficient (Wildman–Crippen LogP) is 6.56. The van der Waals surface area contributed by atoms with Gasteiger partial charge in [0.25, 0.3) is 5.91 Å². The zero-order valence-corrected chi connectivity index (χ0v) is 39.7. The summed E-state index contributed by atoms with van der Waals surface area (Å²) in [6.45, 7) is 4.95. The van der Waals surface area contributed by atoms with Gasteiger partial charge in [-0.3, -0.25) is 33.1 Å². The summed E-state index contributed by atoms with van der Waals surface area (Å²) in [7, 11) is 1.40. The minimum absolute atomic E-state index is 0.0156. The number of benzene rings is 1. The highest BCUT2D eigenvalue weighted by Crippen LogP contribution is 2.47. The van der Waals surface area contributed by atoms with E-state index >= 15 is 0 Å². The first kappa shape index (κ1) is 51.1. The molecule has 5 atom stereocenters. The summed E-state index contributed by atoms with van der Waals surface area (Å²) in [4.78, 5) is 77.7. The van der Waals surface area contributed by atoms with Gasteiger partial charge in [-0.2, -0.15) is 0 Å². The third-order valence-corrected chi connectivity index (χ3v) is 14.1. The van der Waals surface area contributed by atoms with Gasteiger partial charge in [0, 0.05) is 33.6 Å². The molecular weight excluding hydrogens is 931 g/mol. The average molecular weight is 982 g/mol. The van der Waals surface area contributed by atoms with Gasteiger partial charge in [0.05, 0.1) is 25.9 Å². The van der Waals surface area contributed by atoms with E-state index in [1.165, 1.54) is 49.0 Å². The van der Waals surface area contributed by atoms with Crippen LogP contribution in [-0.4, -0.2) is 104 Å². The van der Waals surface area contributed by atoms with Crippen molar-refractivity contribution in [1.82, 2.24) is 10.2 Å². The maximum absolute atomic E-state index is 13.2. The first-order valence-corrected chi connectivity index (χ1v) is 24.2. The lowest BCUT2D eigenvalue weighted by Crippen LogP contribution is -2.71. The Kier molecular flexibility index (Phi) is 20.2. The van der Waals surface area contributed by atoms with Gasteiger partial charge < -0.3 is 33.7 Å². The highest BCUT2D eigenvalue weighted by molar-refractivity contribution is 8.00. The van der Waals surface area contributed by atoms with Gasteiger partial charge in [0.15, 0.2) is 28.9 Å². The van der Waals surface area contributed by atoms with E-state index in [4.69, 9.17) is 63.2 Å². The number of fused-ring (bicyclic) bond motifs is 2. The van der Waals surface area contributed by atoms with Crippen LogP contribution in [0.5, 0.6) is 11.5 Å². The number of hydrogen-bond acceptors (Lipinski definition) is 15. The summed E-state index contributed by atoms with van der Waals surface area (Å²) in [5.74, 6) is -4.47. The van der Waals surface area contributed by atoms with Gasteiger partial charge in [-0.25, -0.2) is 4.79 Å². The number of hydrogen-bond donors (Lipinski definition) is 1. The number of rotatable bonds is 20. The number of nitrogens with zero attached hydrogens (tertiary/aromatic N) is 1. The maximum atomic E-state index is 13.2. The predicted molar refractivity (Wildman–Crippen MR) is 236 cm³/mol. The molecule has 2 amide bonds. The van der Waals surface area contributed by atoms with Crippen LogP contribution in [-0.2, 0) is 71.4 Å². The van der Waals surface area contributed by atoms with Crippen LogP contribution >= 0.6 is 57.9 Å². The zero-order valence-electron chi connectivity index (χ0n) is 34.9. The molecule has 3 aliphatic rings. The number of unbranched alkanes of at least 4 members (excludes halogenated alkanes) is 5. The van der Waals surface area contributed by atoms with E-state index in [1.54, 1.807) is 17.5 Å². The molecule has 0 aliphatic carbocycles. The Morgan fingerprint density at radius 1 is 1.00 bits per heavy atom. The highest BCUT2D eigenvalue weighted by atomic mass is 35.6. The molecule has 1 saturated heterocycles. The second-order valence-corrected chi connectivity index (χ2v) is 21.3. The van der Waals surface area contributed by atoms with Crippen LogP contribution in [0.25, 0.3) is 0 Å². The van der Waals surface area contributed by atoms with Gasteiger partial charge in [-0.1, -0.05) is 92.9 Å². The number of nitrogens with one attached hydrogen (secondary N) is 1. The molecule has 4 unspecified atom stereocenters. The van der Waals surface area contributed by atoms with Gasteiger partial charge >= 0.3 is 23.9 Å². The lowest BCUT2D eigenvalue weighted by Gasteiger charge is -2.51. The average Bonchev–Trinajstić information content (AvgIpc) is 3.94. The molecule has 1 fully saturated rings. The monoisotopic (exact) mass is 980 g/mol. The van der Waals surface area contributed by atoms with E-state index in [0.29, 0.717) is 6.79 Å². The number of carbonyl (C=O) groups excluding carboxylic acids is 6. The SMILES string of the molecule is CCCCCCCCS(=O)C(C)Cc1ccc2c(c1)OCO2.COC(=O)C(CC1S[C@@H]2C(NC(=O)Cc3cccs3)C(=O)N2C(C(=O)OCC(Cl)(Cl)Cl)=C1OC(C)=O)C(=O)OC. The minimum atomic E-state index is -2.00. The smallest absolute Gasteiger partial charge is 0.358 e. The molecule has 0 saturated carbocycles. The van der Waals surface area contributed by atoms with E-state index in [-0.39, 0.29) is 23.9 Å². The van der Waals surface area contributed by atoms with Crippen molar-refractivity contribution in [1.29, 1.82) is 0 Å². The molecule has 62 heavy (non-hydrogen) atoms. The number of thiophene rings is 1. The van der Waals surface area contributed by atoms with Gasteiger partial charge in [-0.15, -0.1) is 23.1 Å². The van der Waals surface area contributed by atoms with Crippen LogP contribution in [0, 0.1) is 5.92 Å². The quantitative estimate of drug-likeness (QED) is 0.0375. The molecule has 0 radical (unpaired) electrons. The fourth-order valence-electron chi connectivity index (χ4n) is 6.62. The Bertz CT molecular complexity index is 1940. The Morgan fingerprint density at radius 2 is 1.68 bits per heavy atom. The van der Waals surface area contributed by atoms with Crippen molar-refractivity contribution in [2.75, 3.05) is 33.4 Å². The van der Waals surface area contributed by atoms with Crippen LogP contribution in [0.15, 0.2) is 47.2 Å². The van der Waals surface area contributed by atoms with Crippen molar-refractivity contribution < 1.29 is 61.4 Å². The molecule has 2 aromatic rings. The maximum Gasteiger partial charge on any atom is 0.358 e. The topological polar surface area (TPSA) is 190 Å². The molecule has 342 valence electrons. The number of halogens is 3. The van der Waals surface area contributed by atoms with E-state index < -0.39 is 85.2 Å². The lowest BCUT2D eigenvalue weighted by molar-refractivity contribution is -0.159. The molecule has 0 spiro atoms. The fraction of sp³-hybridized carbons (Fsp3) is 0.561. The molecular formula is C41H51Cl3N2O13S3. The zero-order chi connectivity index (χ0) is 45.6. The van der Waals surface area contributed by atoms with E-state index in [9.17, 15) is 33.0 Å². The van der Waals surface area contributed by atoms with Gasteiger partial charge in [-0.05, 0) is 48.4 Å². The Morgan fingerprint density at radius 3 is 2.31 bits per heavy atom. The molecule has 1 aromatic heterocycles. The molecule has 1 N–H and O–H groups in total. The van der Waals surface area contributed by atoms with Crippen molar-refractivity contribution >= 4 is 104 Å². The second-order valence-electron chi connectivity index (χ2n) is 14.4. The van der Waals surface area contributed by atoms with Crippen molar-refractivity contribution in [2.45, 2.75) is 104 Å². The molecule has 15 nitrogen and oxygen atoms in total. The number of alkyl halides is 3. The third-order valence-electron chi connectivity index (χ3n) is 9.69. The van der Waals surface area contributed by atoms with Crippen molar-refractivity contribution in [2.24, 2.45) is 5.92 Å². The summed E-state index contributed by atoms with van der Waals surface area (Å²) in [5.41, 5.74) is 0.675. The van der Waals surface area contributed by atoms with E-state index in [1.807, 2.05) is 18.2 Å². The summed E-state index contributed by atoms with van der Waals surface area (Å²) in [6, 6.07) is 8.45. The normalized spacial score (nSPS) is 18.7. The molecule has 0 bridgehead atoms. The summed E-state index contributed by atoms with van der Waals surface area (Å²) in [5, 5.41) is 2.67. The van der Waals surface area contributed by atoms with E-state index in [0.717, 1.165) is 72.8 Å². The van der Waals surface area contributed by atoms with Crippen LogP contribution in [0.2, 0.25) is 0 Å². The van der Waals surface area contributed by atoms with Crippen LogP contribution in [0.3, 0.4) is 0 Å². The number of esters is 4. The van der Waals surface area contributed by atoms with Crippen LogP contribution in [0.4, 0.5) is 0 Å². The number of methoxy groups -OCH3 is 2.